The first kappa shape index (κ1) is 15.4. The fourth-order valence-electron chi connectivity index (χ4n) is 4.54. The fourth-order valence-corrected chi connectivity index (χ4v) is 4.54. The molecule has 2 aliphatic carbocycles. The first-order chi connectivity index (χ1) is 9.04. The van der Waals surface area contributed by atoms with Gasteiger partial charge in [-0.2, -0.15) is 0 Å². The van der Waals surface area contributed by atoms with E-state index >= 15 is 0 Å². The van der Waals surface area contributed by atoms with E-state index in [0.717, 1.165) is 35.8 Å². The van der Waals surface area contributed by atoms with Crippen molar-refractivity contribution >= 4 is 0 Å². The fraction of sp³-hybridized carbons (Fsp3) is 1.00. The molecule has 2 saturated carbocycles. The Labute approximate surface area is 120 Å². The molecule has 2 rings (SSSR count). The van der Waals surface area contributed by atoms with Crippen molar-refractivity contribution in [2.75, 3.05) is 0 Å². The van der Waals surface area contributed by atoms with Gasteiger partial charge in [-0.1, -0.05) is 40.5 Å². The average molecular weight is 265 g/mol. The van der Waals surface area contributed by atoms with Crippen molar-refractivity contribution in [2.24, 2.45) is 23.7 Å². The molecule has 0 saturated heterocycles. The van der Waals surface area contributed by atoms with Crippen LogP contribution in [0.4, 0.5) is 0 Å². The smallest absolute Gasteiger partial charge is 0.00954 e. The van der Waals surface area contributed by atoms with Crippen molar-refractivity contribution in [2.45, 2.75) is 91.1 Å². The highest BCUT2D eigenvalue weighted by Crippen LogP contribution is 2.33. The highest BCUT2D eigenvalue weighted by molar-refractivity contribution is 4.86. The second kappa shape index (κ2) is 7.11. The summed E-state index contributed by atoms with van der Waals surface area (Å²) in [7, 11) is 0. The molecule has 0 heterocycles. The number of rotatable bonds is 4. The third kappa shape index (κ3) is 4.77. The minimum atomic E-state index is 0.805. The van der Waals surface area contributed by atoms with Gasteiger partial charge in [0.25, 0.3) is 0 Å². The van der Waals surface area contributed by atoms with Crippen LogP contribution in [0, 0.1) is 23.7 Å². The van der Waals surface area contributed by atoms with Gasteiger partial charge in [0.05, 0.1) is 0 Å². The minimum absolute atomic E-state index is 0.805. The van der Waals surface area contributed by atoms with E-state index in [-0.39, 0.29) is 0 Å². The van der Waals surface area contributed by atoms with E-state index in [2.05, 4.69) is 33.0 Å². The molecule has 2 aliphatic rings. The Kier molecular flexibility index (Phi) is 5.74. The van der Waals surface area contributed by atoms with Crippen molar-refractivity contribution in [3.63, 3.8) is 0 Å². The van der Waals surface area contributed by atoms with Gasteiger partial charge in [-0.3, -0.25) is 0 Å². The summed E-state index contributed by atoms with van der Waals surface area (Å²) in [6, 6.07) is 1.62. The maximum absolute atomic E-state index is 4.03. The Bertz CT molecular complexity index is 260. The molecule has 5 atom stereocenters. The highest BCUT2D eigenvalue weighted by atomic mass is 15.0. The van der Waals surface area contributed by atoms with Crippen molar-refractivity contribution in [3.05, 3.63) is 0 Å². The quantitative estimate of drug-likeness (QED) is 0.754. The van der Waals surface area contributed by atoms with Gasteiger partial charge in [0.1, 0.15) is 0 Å². The second-order valence-electron chi connectivity index (χ2n) is 8.03. The lowest BCUT2D eigenvalue weighted by Gasteiger charge is -2.39. The molecule has 19 heavy (non-hydrogen) atoms. The molecule has 5 unspecified atom stereocenters. The predicted molar refractivity (Wildman–Crippen MR) is 84.3 cm³/mol. The number of nitrogens with one attached hydrogen (secondary N) is 1. The summed E-state index contributed by atoms with van der Waals surface area (Å²) >= 11 is 0. The summed E-state index contributed by atoms with van der Waals surface area (Å²) in [5.74, 6) is 3.70. The first-order valence-electron chi connectivity index (χ1n) is 8.80. The van der Waals surface area contributed by atoms with Crippen LogP contribution in [0.3, 0.4) is 0 Å². The molecule has 0 aromatic carbocycles. The highest BCUT2D eigenvalue weighted by Gasteiger charge is 2.29. The summed E-state index contributed by atoms with van der Waals surface area (Å²) < 4.78 is 0. The third-order valence-electron chi connectivity index (χ3n) is 5.47. The van der Waals surface area contributed by atoms with Crippen LogP contribution < -0.4 is 5.32 Å². The van der Waals surface area contributed by atoms with Gasteiger partial charge in [0.15, 0.2) is 0 Å². The summed E-state index contributed by atoms with van der Waals surface area (Å²) in [4.78, 5) is 0. The summed E-state index contributed by atoms with van der Waals surface area (Å²) in [6.45, 7) is 9.64. The lowest BCUT2D eigenvalue weighted by Crippen LogP contribution is -2.46. The van der Waals surface area contributed by atoms with E-state index in [1.54, 1.807) is 0 Å². The molecular formula is C18H35N. The zero-order chi connectivity index (χ0) is 13.8. The van der Waals surface area contributed by atoms with Crippen LogP contribution in [0.1, 0.15) is 79.1 Å². The first-order valence-corrected chi connectivity index (χ1v) is 8.80. The average Bonchev–Trinajstić information content (AvgIpc) is 2.32. The molecule has 0 aromatic heterocycles. The standard InChI is InChI=1S/C18H35N/c1-13(2)10-16-6-5-7-17(12-16)19-18-9-8-14(3)11-15(18)4/h13-19H,5-12H2,1-4H3. The van der Waals surface area contributed by atoms with E-state index in [1.165, 1.54) is 51.4 Å². The molecule has 1 heteroatoms. The van der Waals surface area contributed by atoms with Gasteiger partial charge >= 0.3 is 0 Å². The van der Waals surface area contributed by atoms with E-state index in [4.69, 9.17) is 0 Å². The van der Waals surface area contributed by atoms with Gasteiger partial charge in [-0.15, -0.1) is 0 Å². The minimum Gasteiger partial charge on any atom is -0.311 e. The summed E-state index contributed by atoms with van der Waals surface area (Å²) in [6.07, 6.45) is 11.5. The zero-order valence-electron chi connectivity index (χ0n) is 13.6. The zero-order valence-corrected chi connectivity index (χ0v) is 13.6. The normalized spacial score (nSPS) is 40.6. The van der Waals surface area contributed by atoms with Crippen LogP contribution in [0.5, 0.6) is 0 Å². The van der Waals surface area contributed by atoms with Crippen molar-refractivity contribution < 1.29 is 0 Å². The van der Waals surface area contributed by atoms with E-state index in [0.29, 0.717) is 0 Å². The van der Waals surface area contributed by atoms with E-state index in [1.807, 2.05) is 0 Å². The molecule has 1 nitrogen and oxygen atoms in total. The van der Waals surface area contributed by atoms with Crippen molar-refractivity contribution in [1.29, 1.82) is 0 Å². The third-order valence-corrected chi connectivity index (χ3v) is 5.47. The predicted octanol–water partition coefficient (Wildman–Crippen LogP) is 5.01. The lowest BCUT2D eigenvalue weighted by molar-refractivity contribution is 0.178. The molecule has 0 amide bonds. The molecule has 0 spiro atoms. The summed E-state index contributed by atoms with van der Waals surface area (Å²) in [5, 5.41) is 4.03. The Balaban J connectivity index is 1.78. The van der Waals surface area contributed by atoms with Crippen LogP contribution in [-0.2, 0) is 0 Å². The van der Waals surface area contributed by atoms with Crippen molar-refractivity contribution in [1.82, 2.24) is 5.32 Å². The van der Waals surface area contributed by atoms with Crippen LogP contribution >= 0.6 is 0 Å². The van der Waals surface area contributed by atoms with Crippen LogP contribution in [-0.4, -0.2) is 12.1 Å². The number of hydrogen-bond acceptors (Lipinski definition) is 1. The topological polar surface area (TPSA) is 12.0 Å². The Hall–Kier alpha value is -0.0400. The Morgan fingerprint density at radius 3 is 2.47 bits per heavy atom. The molecule has 2 fully saturated rings. The van der Waals surface area contributed by atoms with Gasteiger partial charge in [0, 0.05) is 12.1 Å². The molecule has 0 aromatic rings. The second-order valence-corrected chi connectivity index (χ2v) is 8.03. The van der Waals surface area contributed by atoms with Crippen LogP contribution in [0.15, 0.2) is 0 Å². The van der Waals surface area contributed by atoms with Crippen molar-refractivity contribution in [3.8, 4) is 0 Å². The largest absolute Gasteiger partial charge is 0.311 e. The van der Waals surface area contributed by atoms with E-state index < -0.39 is 0 Å². The molecule has 0 aliphatic heterocycles. The van der Waals surface area contributed by atoms with Gasteiger partial charge in [-0.05, 0) is 62.2 Å². The van der Waals surface area contributed by atoms with Gasteiger partial charge in [-0.25, -0.2) is 0 Å². The maximum atomic E-state index is 4.03. The number of hydrogen-bond donors (Lipinski definition) is 1. The summed E-state index contributed by atoms with van der Waals surface area (Å²) in [5.41, 5.74) is 0. The molecule has 0 radical (unpaired) electrons. The molecular weight excluding hydrogens is 230 g/mol. The Morgan fingerprint density at radius 1 is 1.00 bits per heavy atom. The van der Waals surface area contributed by atoms with Gasteiger partial charge < -0.3 is 5.32 Å². The lowest BCUT2D eigenvalue weighted by atomic mass is 9.77. The van der Waals surface area contributed by atoms with Crippen LogP contribution in [0.25, 0.3) is 0 Å². The SMILES string of the molecule is CC(C)CC1CCCC(NC2CCC(C)CC2C)C1. The maximum Gasteiger partial charge on any atom is 0.00954 e. The van der Waals surface area contributed by atoms with E-state index in [9.17, 15) is 0 Å². The molecule has 0 bridgehead atoms. The van der Waals surface area contributed by atoms with Gasteiger partial charge in [0.2, 0.25) is 0 Å². The molecule has 1 N–H and O–H groups in total. The molecule has 112 valence electrons. The Morgan fingerprint density at radius 2 is 1.79 bits per heavy atom. The monoisotopic (exact) mass is 265 g/mol. The van der Waals surface area contributed by atoms with Crippen LogP contribution in [0.2, 0.25) is 0 Å².